The maximum atomic E-state index is 12.4. The van der Waals surface area contributed by atoms with E-state index in [4.69, 9.17) is 23.7 Å². The van der Waals surface area contributed by atoms with Crippen LogP contribution < -0.4 is 4.90 Å². The third-order valence-corrected chi connectivity index (χ3v) is 8.75. The van der Waals surface area contributed by atoms with Crippen LogP contribution in [0.25, 0.3) is 0 Å². The van der Waals surface area contributed by atoms with Gasteiger partial charge in [0.25, 0.3) is 0 Å². The van der Waals surface area contributed by atoms with Crippen molar-refractivity contribution in [1.82, 2.24) is 0 Å². The van der Waals surface area contributed by atoms with Crippen molar-refractivity contribution in [3.63, 3.8) is 0 Å². The van der Waals surface area contributed by atoms with E-state index in [1.165, 1.54) is 0 Å². The van der Waals surface area contributed by atoms with Gasteiger partial charge in [-0.1, -0.05) is 0 Å². The minimum Gasteiger partial charge on any atom is -0.478 e. The topological polar surface area (TPSA) is 251 Å². The number of benzene rings is 2. The van der Waals surface area contributed by atoms with Crippen molar-refractivity contribution in [2.45, 2.75) is 20.8 Å². The Labute approximate surface area is 314 Å². The molecule has 0 saturated carbocycles. The molecule has 54 heavy (non-hydrogen) atoms. The minimum atomic E-state index is -1.66. The number of hydrogen-bond acceptors (Lipinski definition) is 15. The second-order valence-electron chi connectivity index (χ2n) is 11.2. The third-order valence-electron chi connectivity index (χ3n) is 7.67. The summed E-state index contributed by atoms with van der Waals surface area (Å²) >= 11 is 1.14. The van der Waals surface area contributed by atoms with E-state index in [0.29, 0.717) is 78.4 Å². The molecule has 1 aromatic heterocycles. The van der Waals surface area contributed by atoms with Crippen LogP contribution in [0.5, 0.6) is 0 Å². The summed E-state index contributed by atoms with van der Waals surface area (Å²) in [5, 5.41) is 55.5. The molecule has 3 N–H and O–H groups in total. The maximum absolute atomic E-state index is 12.4. The molecular weight excluding hydrogens is 726 g/mol. The van der Waals surface area contributed by atoms with Crippen molar-refractivity contribution in [1.29, 1.82) is 10.5 Å². The number of aryl methyl sites for hydroxylation is 1. The minimum absolute atomic E-state index is 0.0526. The number of carboxylic acid groups (broad SMARTS) is 3. The molecule has 0 aliphatic rings. The molecule has 18 heteroatoms. The molecule has 3 aromatic rings. The molecule has 0 saturated heterocycles. The molecule has 0 unspecified atom stereocenters. The van der Waals surface area contributed by atoms with Crippen LogP contribution in [0, 0.1) is 36.5 Å². The van der Waals surface area contributed by atoms with Gasteiger partial charge in [0.1, 0.15) is 23.6 Å². The summed E-state index contributed by atoms with van der Waals surface area (Å²) in [6.07, 6.45) is 0. The number of carboxylic acids is 3. The largest absolute Gasteiger partial charge is 0.478 e. The van der Waals surface area contributed by atoms with Gasteiger partial charge in [-0.05, 0) is 62.2 Å². The number of esters is 1. The zero-order valence-corrected chi connectivity index (χ0v) is 30.6. The van der Waals surface area contributed by atoms with E-state index in [2.05, 4.69) is 27.3 Å². The van der Waals surface area contributed by atoms with Crippen molar-refractivity contribution in [2.24, 2.45) is 10.2 Å². The van der Waals surface area contributed by atoms with Gasteiger partial charge >= 0.3 is 23.9 Å². The summed E-state index contributed by atoms with van der Waals surface area (Å²) in [7, 11) is 0. The first kappa shape index (κ1) is 42.7. The Hall–Kier alpha value is -5.76. The Morgan fingerprint density at radius 1 is 0.722 bits per heavy atom. The average Bonchev–Trinajstić information content (AvgIpc) is 3.46. The van der Waals surface area contributed by atoms with E-state index >= 15 is 0 Å². The first-order valence-electron chi connectivity index (χ1n) is 16.5. The summed E-state index contributed by atoms with van der Waals surface area (Å²) in [6.45, 7) is 9.08. The van der Waals surface area contributed by atoms with Gasteiger partial charge in [0.05, 0.1) is 86.4 Å². The first-order chi connectivity index (χ1) is 25.9. The molecule has 0 fully saturated rings. The standard InChI is InChI=1S/C36H39N5O12S/c1-4-41(24-5-6-30(22(2)17-24)39-40-32-29(20-37)23(3)31(21-38)54-32)7-8-49-9-10-50-11-12-51-13-14-52-15-16-53-36(48)28-19-26(34(44)45)25(33(42)43)18-27(28)35(46)47/h5-6,17-19H,4,7-16H2,1-3H3,(H,42,43)(H,44,45)(H,46,47). The Morgan fingerprint density at radius 3 is 1.74 bits per heavy atom. The van der Waals surface area contributed by atoms with Gasteiger partial charge in [-0.15, -0.1) is 21.6 Å². The first-order valence-corrected chi connectivity index (χ1v) is 17.3. The number of rotatable bonds is 23. The number of thiophene rings is 1. The number of nitrogens with zero attached hydrogens (tertiary/aromatic N) is 5. The molecule has 1 heterocycles. The summed E-state index contributed by atoms with van der Waals surface area (Å²) < 4.78 is 27.0. The van der Waals surface area contributed by atoms with Gasteiger partial charge in [-0.25, -0.2) is 19.2 Å². The number of azo groups is 1. The molecule has 286 valence electrons. The molecule has 0 spiro atoms. The van der Waals surface area contributed by atoms with Gasteiger partial charge in [-0.2, -0.15) is 10.5 Å². The molecule has 0 atom stereocenters. The zero-order chi connectivity index (χ0) is 39.6. The summed E-state index contributed by atoms with van der Waals surface area (Å²) in [5.74, 6) is -6.07. The quantitative estimate of drug-likeness (QED) is 0.0623. The molecule has 0 amide bonds. The van der Waals surface area contributed by atoms with E-state index in [1.807, 2.05) is 32.0 Å². The normalized spacial score (nSPS) is 10.9. The highest BCUT2D eigenvalue weighted by Crippen LogP contribution is 2.36. The number of aromatic carboxylic acids is 3. The Morgan fingerprint density at radius 2 is 1.24 bits per heavy atom. The fraction of sp³-hybridized carbons (Fsp3) is 0.389. The van der Waals surface area contributed by atoms with Crippen LogP contribution in [0.3, 0.4) is 0 Å². The molecular formula is C36H39N5O12S. The van der Waals surface area contributed by atoms with Crippen molar-refractivity contribution in [2.75, 3.05) is 77.5 Å². The van der Waals surface area contributed by atoms with Crippen molar-refractivity contribution < 1.29 is 58.2 Å². The predicted octanol–water partition coefficient (Wildman–Crippen LogP) is 5.37. The average molecular weight is 766 g/mol. The smallest absolute Gasteiger partial charge is 0.339 e. The highest BCUT2D eigenvalue weighted by atomic mass is 32.1. The lowest BCUT2D eigenvalue weighted by atomic mass is 9.98. The summed E-state index contributed by atoms with van der Waals surface area (Å²) in [4.78, 5) is 49.3. The number of likely N-dealkylation sites (N-methyl/N-ethyl adjacent to an activating group) is 1. The molecule has 17 nitrogen and oxygen atoms in total. The third kappa shape index (κ3) is 12.2. The lowest BCUT2D eigenvalue weighted by molar-refractivity contribution is -0.00848. The highest BCUT2D eigenvalue weighted by Gasteiger charge is 2.26. The van der Waals surface area contributed by atoms with E-state index in [1.54, 1.807) is 6.92 Å². The van der Waals surface area contributed by atoms with Crippen LogP contribution in [-0.2, 0) is 23.7 Å². The Kier molecular flexibility index (Phi) is 17.1. The number of ether oxygens (including phenoxy) is 5. The van der Waals surface area contributed by atoms with E-state index in [9.17, 15) is 45.0 Å². The van der Waals surface area contributed by atoms with Crippen molar-refractivity contribution in [3.8, 4) is 12.1 Å². The summed E-state index contributed by atoms with van der Waals surface area (Å²) in [5.41, 5.74) is 0.724. The number of carbonyl (C=O) groups excluding carboxylic acids is 1. The fourth-order valence-corrected chi connectivity index (χ4v) is 5.71. The number of carbonyl (C=O) groups is 4. The van der Waals surface area contributed by atoms with Crippen LogP contribution in [0.2, 0.25) is 0 Å². The van der Waals surface area contributed by atoms with Gasteiger partial charge in [-0.3, -0.25) is 0 Å². The number of hydrogen-bond donors (Lipinski definition) is 3. The molecule has 3 rings (SSSR count). The van der Waals surface area contributed by atoms with E-state index in [-0.39, 0.29) is 26.4 Å². The molecule has 0 bridgehead atoms. The maximum Gasteiger partial charge on any atom is 0.339 e. The second-order valence-corrected chi connectivity index (χ2v) is 12.2. The summed E-state index contributed by atoms with van der Waals surface area (Å²) in [6, 6.07) is 11.3. The van der Waals surface area contributed by atoms with Crippen LogP contribution in [0.1, 0.15) is 69.9 Å². The van der Waals surface area contributed by atoms with Gasteiger partial charge in [0.15, 0.2) is 5.00 Å². The zero-order valence-electron chi connectivity index (χ0n) is 29.8. The van der Waals surface area contributed by atoms with Gasteiger partial charge < -0.3 is 43.9 Å². The molecule has 0 radical (unpaired) electrons. The van der Waals surface area contributed by atoms with Crippen molar-refractivity contribution in [3.05, 3.63) is 74.2 Å². The van der Waals surface area contributed by atoms with Crippen LogP contribution >= 0.6 is 11.3 Å². The molecule has 0 aliphatic carbocycles. The molecule has 0 aliphatic heterocycles. The lowest BCUT2D eigenvalue weighted by Crippen LogP contribution is -2.27. The predicted molar refractivity (Wildman–Crippen MR) is 193 cm³/mol. The van der Waals surface area contributed by atoms with Crippen LogP contribution in [0.15, 0.2) is 40.6 Å². The number of nitriles is 2. The second kappa shape index (κ2) is 21.7. The monoisotopic (exact) mass is 765 g/mol. The van der Waals surface area contributed by atoms with Gasteiger partial charge in [0, 0.05) is 18.8 Å². The lowest BCUT2D eigenvalue weighted by Gasteiger charge is -2.23. The molecule has 2 aromatic carbocycles. The van der Waals surface area contributed by atoms with Crippen molar-refractivity contribution >= 4 is 51.6 Å². The van der Waals surface area contributed by atoms with E-state index < -0.39 is 46.1 Å². The Balaban J connectivity index is 1.26. The highest BCUT2D eigenvalue weighted by molar-refractivity contribution is 7.16. The number of anilines is 1. The Bertz CT molecular complexity index is 1930. The van der Waals surface area contributed by atoms with E-state index in [0.717, 1.165) is 29.1 Å². The van der Waals surface area contributed by atoms with Crippen LogP contribution in [0.4, 0.5) is 16.4 Å². The fourth-order valence-electron chi connectivity index (χ4n) is 4.83. The van der Waals surface area contributed by atoms with Gasteiger partial charge in [0.2, 0.25) is 0 Å². The SMILES string of the molecule is CCN(CCOCCOCCOCCOCCOC(=O)c1cc(C(=O)O)c(C(=O)O)cc1C(=O)O)c1ccc(N=Nc2sc(C#N)c(C)c2C#N)c(C)c1. The van der Waals surface area contributed by atoms with Crippen LogP contribution in [-0.4, -0.2) is 112 Å².